The summed E-state index contributed by atoms with van der Waals surface area (Å²) in [6, 6.07) is 6.34. The van der Waals surface area contributed by atoms with Crippen molar-refractivity contribution in [3.63, 3.8) is 0 Å². The van der Waals surface area contributed by atoms with Gasteiger partial charge in [0, 0.05) is 5.69 Å². The lowest BCUT2D eigenvalue weighted by Gasteiger charge is -2.09. The predicted octanol–water partition coefficient (Wildman–Crippen LogP) is 1.10. The number of sulfonamides is 1. The minimum absolute atomic E-state index is 0.0220. The van der Waals surface area contributed by atoms with Crippen molar-refractivity contribution in [1.82, 2.24) is 10.2 Å². The minimum atomic E-state index is -3.61. The molecule has 2 rings (SSSR count). The maximum atomic E-state index is 11.9. The van der Waals surface area contributed by atoms with Gasteiger partial charge in [0.1, 0.15) is 0 Å². The van der Waals surface area contributed by atoms with Gasteiger partial charge in [-0.15, -0.1) is 0 Å². The summed E-state index contributed by atoms with van der Waals surface area (Å²) in [5.41, 5.74) is 7.43. The summed E-state index contributed by atoms with van der Waals surface area (Å²) >= 11 is 0. The van der Waals surface area contributed by atoms with Crippen LogP contribution in [0.15, 0.2) is 35.5 Å². The highest BCUT2D eigenvalue weighted by Crippen LogP contribution is 2.20. The molecule has 4 N–H and O–H groups in total. The minimum Gasteiger partial charge on any atom is -0.399 e. The molecule has 17 heavy (non-hydrogen) atoms. The summed E-state index contributed by atoms with van der Waals surface area (Å²) in [5.74, 6) is 0. The monoisotopic (exact) mass is 252 g/mol. The van der Waals surface area contributed by atoms with E-state index in [1.807, 2.05) is 0 Å². The smallest absolute Gasteiger partial charge is 0.278 e. The van der Waals surface area contributed by atoms with Gasteiger partial charge in [-0.2, -0.15) is 13.5 Å². The number of aromatic nitrogens is 2. The van der Waals surface area contributed by atoms with E-state index in [0.29, 0.717) is 11.4 Å². The summed E-state index contributed by atoms with van der Waals surface area (Å²) in [7, 11) is -3.61. The third kappa shape index (κ3) is 2.39. The Balaban J connectivity index is 2.33. The average molecular weight is 252 g/mol. The molecule has 6 nitrogen and oxygen atoms in total. The molecule has 1 aromatic heterocycles. The van der Waals surface area contributed by atoms with Gasteiger partial charge < -0.3 is 5.73 Å². The maximum Gasteiger partial charge on any atom is 0.278 e. The normalized spacial score (nSPS) is 11.4. The number of nitrogens with one attached hydrogen (secondary N) is 2. The van der Waals surface area contributed by atoms with E-state index in [1.165, 1.54) is 12.3 Å². The summed E-state index contributed by atoms with van der Waals surface area (Å²) in [4.78, 5) is 0. The Hall–Kier alpha value is -2.02. The van der Waals surface area contributed by atoms with Crippen molar-refractivity contribution in [3.05, 3.63) is 36.0 Å². The van der Waals surface area contributed by atoms with E-state index in [9.17, 15) is 8.42 Å². The second-order valence-corrected chi connectivity index (χ2v) is 5.25. The molecule has 0 saturated carbocycles. The standard InChI is InChI=1S/C10H12N4O2S/c1-7-6-8(11)2-3-9(7)14-17(15,16)10-4-5-12-13-10/h2-6,14H,11H2,1H3,(H,12,13). The van der Waals surface area contributed by atoms with Crippen LogP contribution in [0.25, 0.3) is 0 Å². The van der Waals surface area contributed by atoms with Gasteiger partial charge in [0.05, 0.1) is 11.9 Å². The number of nitrogens with two attached hydrogens (primary N) is 1. The molecule has 0 unspecified atom stereocenters. The molecule has 0 radical (unpaired) electrons. The van der Waals surface area contributed by atoms with Gasteiger partial charge in [0.25, 0.3) is 10.0 Å². The SMILES string of the molecule is Cc1cc(N)ccc1NS(=O)(=O)c1ccn[nH]1. The number of hydrogen-bond acceptors (Lipinski definition) is 4. The van der Waals surface area contributed by atoms with Gasteiger partial charge >= 0.3 is 0 Å². The molecule has 1 aromatic carbocycles. The van der Waals surface area contributed by atoms with Gasteiger partial charge in [-0.3, -0.25) is 9.82 Å². The van der Waals surface area contributed by atoms with Crippen molar-refractivity contribution in [2.75, 3.05) is 10.5 Å². The van der Waals surface area contributed by atoms with E-state index in [-0.39, 0.29) is 5.03 Å². The van der Waals surface area contributed by atoms with E-state index in [1.54, 1.807) is 25.1 Å². The quantitative estimate of drug-likeness (QED) is 0.712. The largest absolute Gasteiger partial charge is 0.399 e. The van der Waals surface area contributed by atoms with E-state index < -0.39 is 10.0 Å². The number of H-pyrrole nitrogens is 1. The highest BCUT2D eigenvalue weighted by molar-refractivity contribution is 7.92. The number of hydrogen-bond donors (Lipinski definition) is 3. The Morgan fingerprint density at radius 2 is 2.12 bits per heavy atom. The Bertz CT molecular complexity index is 620. The van der Waals surface area contributed by atoms with Crippen LogP contribution in [0.5, 0.6) is 0 Å². The topological polar surface area (TPSA) is 101 Å². The second kappa shape index (κ2) is 4.10. The molecule has 2 aromatic rings. The molecular formula is C10H12N4O2S. The van der Waals surface area contributed by atoms with Crippen molar-refractivity contribution in [2.24, 2.45) is 0 Å². The third-order valence-electron chi connectivity index (χ3n) is 2.26. The number of nitrogens with zero attached hydrogens (tertiary/aromatic N) is 1. The zero-order valence-electron chi connectivity index (χ0n) is 9.14. The van der Waals surface area contributed by atoms with Crippen molar-refractivity contribution >= 4 is 21.4 Å². The maximum absolute atomic E-state index is 11.9. The molecule has 90 valence electrons. The molecule has 1 heterocycles. The average Bonchev–Trinajstić information content (AvgIpc) is 2.76. The number of benzene rings is 1. The Morgan fingerprint density at radius 3 is 2.71 bits per heavy atom. The predicted molar refractivity (Wildman–Crippen MR) is 65.0 cm³/mol. The van der Waals surface area contributed by atoms with Crippen molar-refractivity contribution < 1.29 is 8.42 Å². The lowest BCUT2D eigenvalue weighted by atomic mass is 10.2. The first-order valence-corrected chi connectivity index (χ1v) is 6.36. The molecule has 0 saturated heterocycles. The molecule has 0 fully saturated rings. The van der Waals surface area contributed by atoms with Crippen LogP contribution < -0.4 is 10.5 Å². The lowest BCUT2D eigenvalue weighted by Crippen LogP contribution is -2.14. The first-order valence-electron chi connectivity index (χ1n) is 4.87. The molecule has 0 aliphatic heterocycles. The fourth-order valence-corrected chi connectivity index (χ4v) is 2.44. The van der Waals surface area contributed by atoms with Gasteiger partial charge in [-0.05, 0) is 36.8 Å². The van der Waals surface area contributed by atoms with Crippen LogP contribution in [0.1, 0.15) is 5.56 Å². The van der Waals surface area contributed by atoms with Gasteiger partial charge in [-0.25, -0.2) is 0 Å². The second-order valence-electron chi connectivity index (χ2n) is 3.60. The summed E-state index contributed by atoms with van der Waals surface area (Å²) in [6.07, 6.45) is 1.38. The number of nitrogen functional groups attached to an aromatic ring is 1. The van der Waals surface area contributed by atoms with Crippen LogP contribution in [0.4, 0.5) is 11.4 Å². The van der Waals surface area contributed by atoms with Crippen molar-refractivity contribution in [1.29, 1.82) is 0 Å². The van der Waals surface area contributed by atoms with Crippen LogP contribution >= 0.6 is 0 Å². The molecule has 0 aliphatic rings. The number of aryl methyl sites for hydroxylation is 1. The van der Waals surface area contributed by atoms with Crippen LogP contribution in [-0.4, -0.2) is 18.6 Å². The first kappa shape index (κ1) is 11.5. The van der Waals surface area contributed by atoms with Crippen LogP contribution in [0.3, 0.4) is 0 Å². The third-order valence-corrected chi connectivity index (χ3v) is 3.55. The van der Waals surface area contributed by atoms with Crippen molar-refractivity contribution in [3.8, 4) is 0 Å². The van der Waals surface area contributed by atoms with Crippen LogP contribution in [-0.2, 0) is 10.0 Å². The highest BCUT2D eigenvalue weighted by atomic mass is 32.2. The van der Waals surface area contributed by atoms with Crippen LogP contribution in [0, 0.1) is 6.92 Å². The molecule has 0 aliphatic carbocycles. The van der Waals surface area contributed by atoms with E-state index in [0.717, 1.165) is 5.56 Å². The Morgan fingerprint density at radius 1 is 1.35 bits per heavy atom. The molecule has 0 spiro atoms. The van der Waals surface area contributed by atoms with E-state index in [2.05, 4.69) is 14.9 Å². The zero-order chi connectivity index (χ0) is 12.5. The summed E-state index contributed by atoms with van der Waals surface area (Å²) in [6.45, 7) is 1.78. The molecule has 0 atom stereocenters. The number of aromatic amines is 1. The molecule has 0 bridgehead atoms. The van der Waals surface area contributed by atoms with Gasteiger partial charge in [-0.1, -0.05) is 0 Å². The van der Waals surface area contributed by atoms with Gasteiger partial charge in [0.15, 0.2) is 5.03 Å². The zero-order valence-corrected chi connectivity index (χ0v) is 9.95. The van der Waals surface area contributed by atoms with Gasteiger partial charge in [0.2, 0.25) is 0 Å². The van der Waals surface area contributed by atoms with Crippen molar-refractivity contribution in [2.45, 2.75) is 11.9 Å². The van der Waals surface area contributed by atoms with Crippen LogP contribution in [0.2, 0.25) is 0 Å². The van der Waals surface area contributed by atoms with E-state index in [4.69, 9.17) is 5.73 Å². The molecule has 0 amide bonds. The highest BCUT2D eigenvalue weighted by Gasteiger charge is 2.16. The summed E-state index contributed by atoms with van der Waals surface area (Å²) < 4.78 is 26.2. The fourth-order valence-electron chi connectivity index (χ4n) is 1.39. The Kier molecular flexibility index (Phi) is 2.76. The van der Waals surface area contributed by atoms with E-state index >= 15 is 0 Å². The number of anilines is 2. The summed E-state index contributed by atoms with van der Waals surface area (Å²) in [5, 5.41) is 6.03. The molecular weight excluding hydrogens is 240 g/mol. The number of rotatable bonds is 3. The Labute approximate surface area is 98.9 Å². The fraction of sp³-hybridized carbons (Fsp3) is 0.100. The first-order chi connectivity index (χ1) is 7.99. The molecule has 7 heteroatoms. The lowest BCUT2D eigenvalue weighted by molar-refractivity contribution is 0.597.